The first-order valence-corrected chi connectivity index (χ1v) is 14.3. The van der Waals surface area contributed by atoms with Gasteiger partial charge in [0.15, 0.2) is 5.96 Å². The molecule has 0 saturated heterocycles. The maximum Gasteiger partial charge on any atom is 0.326 e. The molecule has 0 saturated carbocycles. The number of guanidine groups is 1. The number of aliphatic imine (C=N–C) groups is 1. The van der Waals surface area contributed by atoms with Crippen molar-refractivity contribution in [1.29, 1.82) is 0 Å². The van der Waals surface area contributed by atoms with Gasteiger partial charge in [-0.3, -0.25) is 19.4 Å². The van der Waals surface area contributed by atoms with Crippen molar-refractivity contribution in [2.75, 3.05) is 6.54 Å². The number of fused-ring (bicyclic) bond motifs is 1. The number of carbonyl (C=O) groups is 4. The summed E-state index contributed by atoms with van der Waals surface area (Å²) in [4.78, 5) is 58.7. The largest absolute Gasteiger partial charge is 0.480 e. The molecule has 0 spiro atoms. The Morgan fingerprint density at radius 3 is 2.26 bits per heavy atom. The SMILES string of the molecule is CCC(C)C(NC(=O)C(N)Cc1c[nH]c2ccccc12)C(=O)NC(CCCN=C(N)N)C(=O)NC(CC(C)C)C(=O)O. The summed E-state index contributed by atoms with van der Waals surface area (Å²) in [6.45, 7) is 7.60. The van der Waals surface area contributed by atoms with Crippen molar-refractivity contribution < 1.29 is 24.3 Å². The Morgan fingerprint density at radius 2 is 1.64 bits per heavy atom. The molecular weight excluding hydrogens is 540 g/mol. The molecule has 13 nitrogen and oxygen atoms in total. The number of aliphatic carboxylic acids is 1. The molecule has 0 radical (unpaired) electrons. The van der Waals surface area contributed by atoms with Crippen LogP contribution in [0.1, 0.15) is 58.9 Å². The number of nitrogens with one attached hydrogen (secondary N) is 4. The molecule has 5 atom stereocenters. The predicted octanol–water partition coefficient (Wildman–Crippen LogP) is 0.723. The number of carboxylic acids is 1. The van der Waals surface area contributed by atoms with E-state index in [-0.39, 0.29) is 43.6 Å². The van der Waals surface area contributed by atoms with Gasteiger partial charge in [-0.05, 0) is 49.1 Å². The summed E-state index contributed by atoms with van der Waals surface area (Å²) in [7, 11) is 0. The topological polar surface area (TPSA) is 231 Å². The average molecular weight is 587 g/mol. The first kappa shape index (κ1) is 34.1. The molecule has 42 heavy (non-hydrogen) atoms. The van der Waals surface area contributed by atoms with Crippen molar-refractivity contribution in [2.45, 2.75) is 84.0 Å². The highest BCUT2D eigenvalue weighted by Gasteiger charge is 2.32. The van der Waals surface area contributed by atoms with Gasteiger partial charge in [0.2, 0.25) is 17.7 Å². The highest BCUT2D eigenvalue weighted by molar-refractivity contribution is 5.94. The molecule has 1 aromatic carbocycles. The Morgan fingerprint density at radius 1 is 0.976 bits per heavy atom. The van der Waals surface area contributed by atoms with E-state index in [1.165, 1.54) is 0 Å². The molecular formula is C29H46N8O5. The van der Waals surface area contributed by atoms with Gasteiger partial charge in [-0.25, -0.2) is 4.79 Å². The Kier molecular flexibility index (Phi) is 13.3. The van der Waals surface area contributed by atoms with Crippen LogP contribution in [0.25, 0.3) is 10.9 Å². The first-order chi connectivity index (χ1) is 19.8. The molecule has 2 aromatic rings. The van der Waals surface area contributed by atoms with Gasteiger partial charge in [0.05, 0.1) is 6.04 Å². The molecule has 0 bridgehead atoms. The van der Waals surface area contributed by atoms with Crippen LogP contribution >= 0.6 is 0 Å². The Balaban J connectivity index is 2.18. The summed E-state index contributed by atoms with van der Waals surface area (Å²) in [5, 5.41) is 18.6. The monoisotopic (exact) mass is 586 g/mol. The van der Waals surface area contributed by atoms with E-state index in [0.717, 1.165) is 16.5 Å². The van der Waals surface area contributed by atoms with E-state index in [4.69, 9.17) is 17.2 Å². The van der Waals surface area contributed by atoms with Gasteiger partial charge in [0.25, 0.3) is 0 Å². The maximum absolute atomic E-state index is 13.5. The summed E-state index contributed by atoms with van der Waals surface area (Å²) < 4.78 is 0. The van der Waals surface area contributed by atoms with Crippen molar-refractivity contribution in [2.24, 2.45) is 34.0 Å². The van der Waals surface area contributed by atoms with Crippen LogP contribution in [-0.2, 0) is 25.6 Å². The number of aromatic nitrogens is 1. The summed E-state index contributed by atoms with van der Waals surface area (Å²) >= 11 is 0. The minimum Gasteiger partial charge on any atom is -0.480 e. The van der Waals surface area contributed by atoms with E-state index in [1.807, 2.05) is 58.2 Å². The maximum atomic E-state index is 13.5. The number of carbonyl (C=O) groups excluding carboxylic acids is 3. The van der Waals surface area contributed by atoms with Crippen LogP contribution in [0.2, 0.25) is 0 Å². The smallest absolute Gasteiger partial charge is 0.326 e. The predicted molar refractivity (Wildman–Crippen MR) is 162 cm³/mol. The van der Waals surface area contributed by atoms with Crippen molar-refractivity contribution in [1.82, 2.24) is 20.9 Å². The summed E-state index contributed by atoms with van der Waals surface area (Å²) in [5.74, 6) is -3.27. The Bertz CT molecular complexity index is 1240. The number of nitrogens with two attached hydrogens (primary N) is 3. The number of amides is 3. The van der Waals surface area contributed by atoms with Gasteiger partial charge >= 0.3 is 5.97 Å². The van der Waals surface area contributed by atoms with Gasteiger partial charge in [-0.2, -0.15) is 0 Å². The van der Waals surface area contributed by atoms with Gasteiger partial charge < -0.3 is 43.2 Å². The number of aromatic amines is 1. The molecule has 0 fully saturated rings. The molecule has 13 heteroatoms. The Labute approximate surface area is 246 Å². The molecule has 0 aliphatic carbocycles. The number of rotatable bonds is 17. The number of hydrogen-bond donors (Lipinski definition) is 8. The summed E-state index contributed by atoms with van der Waals surface area (Å²) in [6.07, 6.45) is 3.33. The molecule has 2 rings (SSSR count). The van der Waals surface area contributed by atoms with Crippen LogP contribution in [0.3, 0.4) is 0 Å². The van der Waals surface area contributed by atoms with Gasteiger partial charge in [0.1, 0.15) is 18.1 Å². The standard InChI is InChI=1S/C29H46N8O5/c1-5-17(4)24(37-25(38)20(30)14-18-15-34-21-10-7-6-9-19(18)21)27(40)35-22(11-8-12-33-29(31)32)26(39)36-23(28(41)42)13-16(2)3/h6-7,9-10,15-17,20,22-24,34H,5,8,11-14,30H2,1-4H3,(H,35,40)(H,36,39)(H,37,38)(H,41,42)(H4,31,32,33). The van der Waals surface area contributed by atoms with Crippen LogP contribution < -0.4 is 33.2 Å². The zero-order valence-corrected chi connectivity index (χ0v) is 24.9. The fraction of sp³-hybridized carbons (Fsp3) is 0.552. The normalized spacial score (nSPS) is 14.8. The fourth-order valence-electron chi connectivity index (χ4n) is 4.59. The zero-order chi connectivity index (χ0) is 31.4. The van der Waals surface area contributed by atoms with E-state index in [1.54, 1.807) is 0 Å². The molecule has 5 unspecified atom stereocenters. The van der Waals surface area contributed by atoms with Crippen LogP contribution in [-0.4, -0.2) is 70.5 Å². The van der Waals surface area contributed by atoms with Crippen LogP contribution in [0.4, 0.5) is 0 Å². The molecule has 232 valence electrons. The van der Waals surface area contributed by atoms with Crippen LogP contribution in [0.5, 0.6) is 0 Å². The van der Waals surface area contributed by atoms with Gasteiger partial charge in [-0.1, -0.05) is 52.3 Å². The third-order valence-corrected chi connectivity index (χ3v) is 7.14. The number of para-hydroxylation sites is 1. The number of benzene rings is 1. The fourth-order valence-corrected chi connectivity index (χ4v) is 4.59. The highest BCUT2D eigenvalue weighted by atomic mass is 16.4. The second-order valence-corrected chi connectivity index (χ2v) is 11.1. The van der Waals surface area contributed by atoms with Gasteiger partial charge in [0, 0.05) is 23.6 Å². The molecule has 1 heterocycles. The highest BCUT2D eigenvalue weighted by Crippen LogP contribution is 2.19. The summed E-state index contributed by atoms with van der Waals surface area (Å²) in [5.41, 5.74) is 18.8. The minimum atomic E-state index is -1.17. The molecule has 0 aliphatic heterocycles. The minimum absolute atomic E-state index is 0.0137. The lowest BCUT2D eigenvalue weighted by atomic mass is 9.96. The van der Waals surface area contributed by atoms with Crippen molar-refractivity contribution in [3.63, 3.8) is 0 Å². The average Bonchev–Trinajstić information content (AvgIpc) is 3.34. The van der Waals surface area contributed by atoms with Crippen molar-refractivity contribution in [3.05, 3.63) is 36.0 Å². The molecule has 11 N–H and O–H groups in total. The molecule has 1 aromatic heterocycles. The van der Waals surface area contributed by atoms with E-state index in [9.17, 15) is 24.3 Å². The van der Waals surface area contributed by atoms with E-state index in [2.05, 4.69) is 25.9 Å². The lowest BCUT2D eigenvalue weighted by Gasteiger charge is -2.28. The third-order valence-electron chi connectivity index (χ3n) is 7.14. The van der Waals surface area contributed by atoms with E-state index in [0.29, 0.717) is 12.8 Å². The second-order valence-electron chi connectivity index (χ2n) is 11.1. The zero-order valence-electron chi connectivity index (χ0n) is 24.9. The number of hydrogen-bond acceptors (Lipinski definition) is 6. The van der Waals surface area contributed by atoms with Gasteiger partial charge in [-0.15, -0.1) is 0 Å². The lowest BCUT2D eigenvalue weighted by molar-refractivity contribution is -0.143. The number of H-pyrrole nitrogens is 1. The third kappa shape index (κ3) is 10.4. The lowest BCUT2D eigenvalue weighted by Crippen LogP contribution is -2.58. The number of carboxylic acid groups (broad SMARTS) is 1. The van der Waals surface area contributed by atoms with Crippen molar-refractivity contribution in [3.8, 4) is 0 Å². The Hall–Kier alpha value is -4.13. The van der Waals surface area contributed by atoms with Crippen LogP contribution in [0, 0.1) is 11.8 Å². The quantitative estimate of drug-likeness (QED) is 0.0746. The number of nitrogens with zero attached hydrogens (tertiary/aromatic N) is 1. The van der Waals surface area contributed by atoms with Crippen molar-refractivity contribution >= 4 is 40.6 Å². The second kappa shape index (κ2) is 16.3. The van der Waals surface area contributed by atoms with E-state index < -0.39 is 47.9 Å². The molecule has 0 aliphatic rings. The first-order valence-electron chi connectivity index (χ1n) is 14.3. The molecule has 3 amide bonds. The van der Waals surface area contributed by atoms with Crippen LogP contribution in [0.15, 0.2) is 35.5 Å². The van der Waals surface area contributed by atoms with E-state index >= 15 is 0 Å². The summed E-state index contributed by atoms with van der Waals surface area (Å²) in [6, 6.07) is 3.58.